The molecule has 0 atom stereocenters. The average molecular weight is 535 g/mol. The maximum atomic E-state index is 14.1. The van der Waals surface area contributed by atoms with Crippen LogP contribution in [-0.2, 0) is 14.0 Å². The van der Waals surface area contributed by atoms with E-state index in [2.05, 4.69) is 34.6 Å². The molecule has 0 spiro atoms. The molecule has 5 rings (SSSR count). The Morgan fingerprint density at radius 2 is 1.66 bits per heavy atom. The molecule has 2 heterocycles. The van der Waals surface area contributed by atoms with Gasteiger partial charge in [-0.05, 0) is 67.1 Å². The van der Waals surface area contributed by atoms with Crippen LogP contribution >= 0.6 is 11.6 Å². The number of benzene rings is 2. The van der Waals surface area contributed by atoms with E-state index in [0.717, 1.165) is 22.3 Å². The van der Waals surface area contributed by atoms with Crippen molar-refractivity contribution in [3.05, 3.63) is 93.9 Å². The summed E-state index contributed by atoms with van der Waals surface area (Å²) in [5.41, 5.74) is 4.45. The Morgan fingerprint density at radius 1 is 1.08 bits per heavy atom. The van der Waals surface area contributed by atoms with Crippen LogP contribution in [0.2, 0.25) is 5.15 Å². The van der Waals surface area contributed by atoms with Crippen LogP contribution in [0.15, 0.2) is 66.3 Å². The third-order valence-corrected chi connectivity index (χ3v) is 7.78. The number of halogens is 2. The summed E-state index contributed by atoms with van der Waals surface area (Å²) in [5.74, 6) is -0.687. The minimum Gasteiger partial charge on any atom is -0.449 e. The quantitative estimate of drug-likeness (QED) is 0.292. The van der Waals surface area contributed by atoms with Gasteiger partial charge < -0.3 is 19.4 Å². The van der Waals surface area contributed by atoms with Crippen LogP contribution in [0.25, 0.3) is 17.2 Å². The molecule has 0 saturated carbocycles. The van der Waals surface area contributed by atoms with E-state index in [1.807, 2.05) is 52.0 Å². The smallest absolute Gasteiger partial charge is 0.449 e. The van der Waals surface area contributed by atoms with Gasteiger partial charge in [-0.2, -0.15) is 0 Å². The van der Waals surface area contributed by atoms with Gasteiger partial charge in [0, 0.05) is 18.7 Å². The highest BCUT2D eigenvalue weighted by atomic mass is 35.5. The van der Waals surface area contributed by atoms with Gasteiger partial charge in [0.1, 0.15) is 6.61 Å². The first-order chi connectivity index (χ1) is 18.1. The summed E-state index contributed by atoms with van der Waals surface area (Å²) >= 11 is 5.74. The number of hydrogen-bond donors (Lipinski definition) is 1. The van der Waals surface area contributed by atoms with Gasteiger partial charge in [-0.3, -0.25) is 0 Å². The molecule has 1 N–H and O–H groups in total. The van der Waals surface area contributed by atoms with Gasteiger partial charge in [-0.25, -0.2) is 14.2 Å². The number of amides is 1. The highest BCUT2D eigenvalue weighted by molar-refractivity contribution is 6.56. The Hall–Kier alpha value is -3.20. The molecule has 2 aliphatic rings. The number of aromatic nitrogens is 1. The Bertz CT molecular complexity index is 1350. The van der Waals surface area contributed by atoms with E-state index < -0.39 is 30.2 Å². The number of nitrogens with zero attached hydrogens (tertiary/aromatic N) is 1. The summed E-state index contributed by atoms with van der Waals surface area (Å²) in [4.78, 5) is 16.7. The molecule has 1 aliphatic carbocycles. The van der Waals surface area contributed by atoms with Crippen molar-refractivity contribution in [1.82, 2.24) is 10.3 Å². The van der Waals surface area contributed by atoms with Gasteiger partial charge in [0.15, 0.2) is 11.0 Å². The van der Waals surface area contributed by atoms with Crippen molar-refractivity contribution in [2.24, 2.45) is 0 Å². The van der Waals surface area contributed by atoms with Crippen molar-refractivity contribution in [1.29, 1.82) is 0 Å². The van der Waals surface area contributed by atoms with Crippen molar-refractivity contribution in [2.45, 2.75) is 44.8 Å². The fourth-order valence-corrected chi connectivity index (χ4v) is 4.85. The molecule has 1 aliphatic heterocycles. The molecule has 1 fully saturated rings. The second-order valence-electron chi connectivity index (χ2n) is 10.5. The summed E-state index contributed by atoms with van der Waals surface area (Å²) in [6, 6.07) is 17.6. The first-order valence-electron chi connectivity index (χ1n) is 12.5. The molecule has 1 aromatic heterocycles. The molecule has 196 valence electrons. The molecular weight excluding hydrogens is 506 g/mol. The predicted octanol–water partition coefficient (Wildman–Crippen LogP) is 6.43. The van der Waals surface area contributed by atoms with E-state index in [0.29, 0.717) is 11.0 Å². The van der Waals surface area contributed by atoms with Crippen LogP contribution in [-0.4, -0.2) is 42.5 Å². The molecule has 3 aromatic rings. The van der Waals surface area contributed by atoms with Gasteiger partial charge >= 0.3 is 13.2 Å². The molecule has 0 unspecified atom stereocenters. The van der Waals surface area contributed by atoms with E-state index in [1.165, 1.54) is 12.3 Å². The number of alkyl carbamates (subject to hydrolysis) is 1. The number of nitrogens with one attached hydrogen (secondary N) is 1. The largest absolute Gasteiger partial charge is 0.492 e. The first kappa shape index (κ1) is 26.4. The van der Waals surface area contributed by atoms with E-state index in [4.69, 9.17) is 25.6 Å². The third kappa shape index (κ3) is 5.08. The molecule has 38 heavy (non-hydrogen) atoms. The monoisotopic (exact) mass is 534 g/mol. The van der Waals surface area contributed by atoms with Crippen LogP contribution in [0.5, 0.6) is 0 Å². The highest BCUT2D eigenvalue weighted by Crippen LogP contribution is 2.44. The zero-order valence-corrected chi connectivity index (χ0v) is 22.5. The normalized spacial score (nSPS) is 17.7. The van der Waals surface area contributed by atoms with E-state index in [9.17, 15) is 9.18 Å². The Kier molecular flexibility index (Phi) is 7.07. The van der Waals surface area contributed by atoms with Gasteiger partial charge in [0.25, 0.3) is 0 Å². The van der Waals surface area contributed by atoms with Crippen molar-refractivity contribution in [3.8, 4) is 11.1 Å². The first-order valence-corrected chi connectivity index (χ1v) is 12.9. The standard InChI is InChI=1S/C29H29BClFN2O4/c1-28(2)29(3,4)38-30(37-28)19(13-18-14-25(32)26(31)33-15-18)16-34-27(35)36-17-24-22-11-7-5-9-20(22)21-10-6-8-12-23(21)24/h5-15,24H,16-17H2,1-4H3,(H,34,35). The van der Waals surface area contributed by atoms with Gasteiger partial charge in [0.05, 0.1) is 11.2 Å². The van der Waals surface area contributed by atoms with E-state index in [-0.39, 0.29) is 24.2 Å². The minimum absolute atomic E-state index is 0.0469. The maximum Gasteiger partial charge on any atom is 0.492 e. The lowest BCUT2D eigenvalue weighted by Crippen LogP contribution is -2.41. The maximum absolute atomic E-state index is 14.1. The summed E-state index contributed by atoms with van der Waals surface area (Å²) in [5, 5.41) is 2.59. The summed E-state index contributed by atoms with van der Waals surface area (Å²) in [6.45, 7) is 8.01. The Morgan fingerprint density at radius 3 is 2.24 bits per heavy atom. The third-order valence-electron chi connectivity index (χ3n) is 7.51. The summed E-state index contributed by atoms with van der Waals surface area (Å²) in [6.07, 6.45) is 2.55. The number of carbonyl (C=O) groups excluding carboxylic acids is 1. The number of pyridine rings is 1. The Labute approximate surface area is 227 Å². The van der Waals surface area contributed by atoms with Crippen molar-refractivity contribution in [3.63, 3.8) is 0 Å². The topological polar surface area (TPSA) is 69.7 Å². The van der Waals surface area contributed by atoms with Crippen molar-refractivity contribution >= 4 is 30.9 Å². The van der Waals surface area contributed by atoms with Crippen LogP contribution < -0.4 is 5.32 Å². The van der Waals surface area contributed by atoms with Crippen molar-refractivity contribution < 1.29 is 23.2 Å². The molecule has 0 radical (unpaired) electrons. The number of ether oxygens (including phenoxy) is 1. The predicted molar refractivity (Wildman–Crippen MR) is 146 cm³/mol. The lowest BCUT2D eigenvalue weighted by Gasteiger charge is -2.32. The molecule has 1 amide bonds. The molecule has 9 heteroatoms. The van der Waals surface area contributed by atoms with Gasteiger partial charge in [-0.1, -0.05) is 66.2 Å². The minimum atomic E-state index is -0.757. The SMILES string of the molecule is CC1(C)OB(C(=Cc2cnc(Cl)c(F)c2)CNC(=O)OCC2c3ccccc3-c3ccccc32)OC1(C)C. The van der Waals surface area contributed by atoms with Crippen LogP contribution in [0, 0.1) is 5.82 Å². The molecule has 6 nitrogen and oxygen atoms in total. The van der Waals surface area contributed by atoms with Gasteiger partial charge in [-0.15, -0.1) is 0 Å². The Balaban J connectivity index is 1.30. The van der Waals surface area contributed by atoms with Gasteiger partial charge in [0.2, 0.25) is 0 Å². The number of fused-ring (bicyclic) bond motifs is 3. The zero-order valence-electron chi connectivity index (χ0n) is 21.8. The van der Waals surface area contributed by atoms with Crippen LogP contribution in [0.1, 0.15) is 50.3 Å². The molecule has 2 aromatic carbocycles. The summed E-state index contributed by atoms with van der Waals surface area (Å²) in [7, 11) is -0.757. The van der Waals surface area contributed by atoms with Crippen molar-refractivity contribution in [2.75, 3.05) is 13.2 Å². The number of carbonyl (C=O) groups is 1. The van der Waals surface area contributed by atoms with E-state index >= 15 is 0 Å². The number of hydrogen-bond acceptors (Lipinski definition) is 5. The molecular formula is C29H29BClFN2O4. The fourth-order valence-electron chi connectivity index (χ4n) is 4.75. The van der Waals surface area contributed by atoms with E-state index in [1.54, 1.807) is 6.08 Å². The zero-order chi connectivity index (χ0) is 27.1. The van der Waals surface area contributed by atoms with Crippen LogP contribution in [0.4, 0.5) is 9.18 Å². The fraction of sp³-hybridized carbons (Fsp3) is 0.310. The highest BCUT2D eigenvalue weighted by Gasteiger charge is 2.52. The van der Waals surface area contributed by atoms with Crippen LogP contribution in [0.3, 0.4) is 0 Å². The lowest BCUT2D eigenvalue weighted by molar-refractivity contribution is 0.00578. The average Bonchev–Trinajstić information content (AvgIpc) is 3.31. The summed E-state index contributed by atoms with van der Waals surface area (Å²) < 4.78 is 32.1. The molecule has 0 bridgehead atoms. The lowest BCUT2D eigenvalue weighted by atomic mass is 9.77. The number of rotatable bonds is 6. The molecule has 1 saturated heterocycles. The second-order valence-corrected chi connectivity index (χ2v) is 10.9. The second kappa shape index (κ2) is 10.2.